The maximum atomic E-state index is 5.65. The Morgan fingerprint density at radius 1 is 1.00 bits per heavy atom. The van der Waals surface area contributed by atoms with E-state index in [2.05, 4.69) is 44.6 Å². The third kappa shape index (κ3) is 10.2. The van der Waals surface area contributed by atoms with Gasteiger partial charge in [0.15, 0.2) is 0 Å². The first kappa shape index (κ1) is 30.2. The molecular formula is C19H34BCl4PZr. The van der Waals surface area contributed by atoms with E-state index in [0.717, 1.165) is 23.4 Å². The molecule has 3 aliphatic rings. The number of fused-ring (bicyclic) bond motifs is 1. The van der Waals surface area contributed by atoms with E-state index in [1.54, 1.807) is 0 Å². The predicted molar refractivity (Wildman–Crippen MR) is 126 cm³/mol. The number of hydrogen-bond donors (Lipinski definition) is 0. The Morgan fingerprint density at radius 3 is 1.92 bits per heavy atom. The van der Waals surface area contributed by atoms with Crippen LogP contribution in [0.1, 0.15) is 39.0 Å². The normalized spacial score (nSPS) is 28.5. The summed E-state index contributed by atoms with van der Waals surface area (Å²) in [6.45, 7) is 7.31. The summed E-state index contributed by atoms with van der Waals surface area (Å²) in [5.41, 5.74) is 0.860. The summed E-state index contributed by atoms with van der Waals surface area (Å²) in [6, 6.07) is 0. The molecule has 7 heteroatoms. The monoisotopic (exact) mass is 534 g/mol. The van der Waals surface area contributed by atoms with Crippen molar-refractivity contribution in [3.8, 4) is 0 Å². The van der Waals surface area contributed by atoms with Crippen LogP contribution in [0.15, 0.2) is 24.3 Å². The first-order valence-electron chi connectivity index (χ1n) is 8.68. The average Bonchev–Trinajstić information content (AvgIpc) is 3.15. The molecule has 0 bridgehead atoms. The number of hydrogen-bond acceptors (Lipinski definition) is 0. The molecule has 2 saturated carbocycles. The Balaban J connectivity index is 0. The van der Waals surface area contributed by atoms with Crippen LogP contribution >= 0.6 is 47.9 Å². The quantitative estimate of drug-likeness (QED) is 0.188. The number of rotatable bonds is 2. The van der Waals surface area contributed by atoms with E-state index in [1.165, 1.54) is 32.1 Å². The van der Waals surface area contributed by atoms with Crippen molar-refractivity contribution in [3.05, 3.63) is 39.2 Å². The van der Waals surface area contributed by atoms with Crippen LogP contribution in [0, 0.1) is 32.6 Å². The van der Waals surface area contributed by atoms with Crippen molar-refractivity contribution < 1.29 is 20.8 Å². The van der Waals surface area contributed by atoms with Gasteiger partial charge in [0.2, 0.25) is 0 Å². The van der Waals surface area contributed by atoms with Gasteiger partial charge >= 0.3 is 43.4 Å². The molecule has 0 aromatic rings. The van der Waals surface area contributed by atoms with Crippen LogP contribution in [0.25, 0.3) is 0 Å². The van der Waals surface area contributed by atoms with Gasteiger partial charge in [-0.25, -0.2) is 0 Å². The SMILES string of the molecule is CC1CC2C=CC=CC2C1P(C)C.ClB(Cl)C1CCCC1.[CH3-].[CH3-].[Cl][Zr+2][Cl]. The van der Waals surface area contributed by atoms with E-state index in [1.807, 2.05) is 0 Å². The third-order valence-electron chi connectivity index (χ3n) is 5.27. The van der Waals surface area contributed by atoms with E-state index in [4.69, 9.17) is 39.9 Å². The summed E-state index contributed by atoms with van der Waals surface area (Å²) >= 11 is 10.5. The second-order valence-corrected chi connectivity index (χ2v) is 14.5. The Kier molecular flexibility index (Phi) is 19.5. The summed E-state index contributed by atoms with van der Waals surface area (Å²) in [7, 11) is 10.1. The second-order valence-electron chi connectivity index (χ2n) is 7.13. The van der Waals surface area contributed by atoms with Crippen LogP contribution in [0.2, 0.25) is 5.82 Å². The van der Waals surface area contributed by atoms with Gasteiger partial charge in [-0.3, -0.25) is 0 Å². The van der Waals surface area contributed by atoms with Gasteiger partial charge in [0.05, 0.1) is 0 Å². The standard InChI is InChI=1S/C12H19P.C5H9BCl2.2CH3.2ClH.Zr/c1-9-8-10-6-4-5-7-11(10)12(9)13(2)3;7-6(8)5-3-1-2-4-5;;;;;/h4-7,9-12H,8H2,1-3H3;5H,1-4H2;2*1H3;2*1H;/q;;2*-1;;;+4/p-2. The van der Waals surface area contributed by atoms with Gasteiger partial charge in [0.1, 0.15) is 0 Å². The van der Waals surface area contributed by atoms with Crippen LogP contribution in [0.4, 0.5) is 0 Å². The van der Waals surface area contributed by atoms with Gasteiger partial charge < -0.3 is 14.9 Å². The molecule has 0 N–H and O–H groups in total. The fourth-order valence-corrected chi connectivity index (χ4v) is 6.94. The molecule has 2 fully saturated rings. The van der Waals surface area contributed by atoms with Crippen molar-refractivity contribution in [2.24, 2.45) is 17.8 Å². The van der Waals surface area contributed by atoms with E-state index < -0.39 is 20.8 Å². The summed E-state index contributed by atoms with van der Waals surface area (Å²) in [5.74, 6) is 3.25. The summed E-state index contributed by atoms with van der Waals surface area (Å²) < 4.78 is 0. The third-order valence-corrected chi connectivity index (χ3v) is 8.03. The van der Waals surface area contributed by atoms with Gasteiger partial charge in [-0.15, -0.1) is 7.92 Å². The molecule has 3 rings (SSSR count). The van der Waals surface area contributed by atoms with Crippen LogP contribution in [0.5, 0.6) is 0 Å². The summed E-state index contributed by atoms with van der Waals surface area (Å²) in [5, 5.41) is 0. The zero-order chi connectivity index (χ0) is 18.1. The topological polar surface area (TPSA) is 0 Å². The van der Waals surface area contributed by atoms with Gasteiger partial charge in [-0.05, 0) is 49.0 Å². The van der Waals surface area contributed by atoms with Crippen LogP contribution in [0.3, 0.4) is 0 Å². The minimum atomic E-state index is -0.826. The second kappa shape index (κ2) is 16.8. The molecule has 0 aromatic heterocycles. The van der Waals surface area contributed by atoms with E-state index in [0.29, 0.717) is 5.82 Å². The zero-order valence-corrected chi connectivity index (χ0v) is 23.1. The fourth-order valence-electron chi connectivity index (χ4n) is 4.28. The van der Waals surface area contributed by atoms with Crippen LogP contribution < -0.4 is 0 Å². The Hall–Kier alpha value is 2.02. The van der Waals surface area contributed by atoms with E-state index in [9.17, 15) is 0 Å². The number of allylic oxidation sites excluding steroid dienone is 4. The van der Waals surface area contributed by atoms with Crippen molar-refractivity contribution in [1.29, 1.82) is 0 Å². The van der Waals surface area contributed by atoms with Crippen molar-refractivity contribution in [2.75, 3.05) is 13.3 Å². The van der Waals surface area contributed by atoms with Crippen molar-refractivity contribution in [3.63, 3.8) is 0 Å². The van der Waals surface area contributed by atoms with Crippen molar-refractivity contribution >= 4 is 53.4 Å². The molecule has 4 atom stereocenters. The van der Waals surface area contributed by atoms with Gasteiger partial charge in [0.25, 0.3) is 0 Å². The van der Waals surface area contributed by atoms with Crippen molar-refractivity contribution in [2.45, 2.75) is 50.5 Å². The van der Waals surface area contributed by atoms with E-state index >= 15 is 0 Å². The minimum absolute atomic E-state index is 0. The molecule has 0 radical (unpaired) electrons. The molecule has 0 aromatic carbocycles. The Morgan fingerprint density at radius 2 is 1.50 bits per heavy atom. The summed E-state index contributed by atoms with van der Waals surface area (Å²) in [4.78, 5) is 0. The first-order valence-corrected chi connectivity index (χ1v) is 18.2. The molecule has 3 aliphatic carbocycles. The molecule has 4 unspecified atom stereocenters. The molecule has 26 heavy (non-hydrogen) atoms. The molecule has 0 aliphatic heterocycles. The zero-order valence-electron chi connectivity index (χ0n) is 16.8. The molecule has 0 saturated heterocycles. The van der Waals surface area contributed by atoms with E-state index in [-0.39, 0.29) is 28.3 Å². The molecular weight excluding hydrogens is 503 g/mol. The maximum absolute atomic E-state index is 5.65. The van der Waals surface area contributed by atoms with Crippen LogP contribution in [-0.2, 0) is 20.8 Å². The molecule has 0 amide bonds. The average molecular weight is 537 g/mol. The van der Waals surface area contributed by atoms with Gasteiger partial charge in [0, 0.05) is 0 Å². The molecule has 0 heterocycles. The van der Waals surface area contributed by atoms with Crippen LogP contribution in [-0.4, -0.2) is 24.5 Å². The first-order chi connectivity index (χ1) is 11.4. The molecule has 0 nitrogen and oxygen atoms in total. The Bertz CT molecular complexity index is 401. The molecule has 0 spiro atoms. The van der Waals surface area contributed by atoms with Crippen molar-refractivity contribution in [1.82, 2.24) is 0 Å². The predicted octanol–water partition coefficient (Wildman–Crippen LogP) is 8.67. The fraction of sp³-hybridized carbons (Fsp3) is 0.684. The van der Waals surface area contributed by atoms with Gasteiger partial charge in [-0.2, -0.15) is 22.9 Å². The number of halogens is 4. The Labute approximate surface area is 193 Å². The van der Waals surface area contributed by atoms with Gasteiger partial charge in [-0.1, -0.05) is 56.9 Å². The summed E-state index contributed by atoms with van der Waals surface area (Å²) in [6.07, 6.45) is 15.9. The molecule has 150 valence electrons.